The van der Waals surface area contributed by atoms with E-state index >= 15 is 0 Å². The van der Waals surface area contributed by atoms with Crippen LogP contribution >= 0.6 is 0 Å². The minimum atomic E-state index is -0.427. The Morgan fingerprint density at radius 1 is 1.38 bits per heavy atom. The van der Waals surface area contributed by atoms with E-state index in [1.54, 1.807) is 19.1 Å². The largest absolute Gasteiger partial charge is 0.496 e. The zero-order valence-corrected chi connectivity index (χ0v) is 8.98. The van der Waals surface area contributed by atoms with Gasteiger partial charge in [-0.1, -0.05) is 0 Å². The van der Waals surface area contributed by atoms with Gasteiger partial charge in [-0.05, 0) is 13.0 Å². The zero-order chi connectivity index (χ0) is 11.5. The highest BCUT2D eigenvalue weighted by Gasteiger charge is 2.15. The van der Waals surface area contributed by atoms with Gasteiger partial charge in [0, 0.05) is 6.07 Å². The summed E-state index contributed by atoms with van der Waals surface area (Å²) in [6.45, 7) is 2.07. The summed E-state index contributed by atoms with van der Waals surface area (Å²) in [4.78, 5) is 11.6. The van der Waals surface area contributed by atoms with Crippen molar-refractivity contribution in [1.82, 2.24) is 15.4 Å². The predicted molar refractivity (Wildman–Crippen MR) is 56.4 cm³/mol. The van der Waals surface area contributed by atoms with Crippen LogP contribution in [0.2, 0.25) is 0 Å². The standard InChI is InChI=1S/C10H11N3O3/c1-3-16-10(14)6-4-7-8(12-13-11-7)5-9(6)15-2/h4-5H,3H2,1-2H3,(H,11,12,13). The molecule has 0 fully saturated rings. The van der Waals surface area contributed by atoms with Crippen LogP contribution in [0.4, 0.5) is 0 Å². The number of carbonyl (C=O) groups is 1. The van der Waals surface area contributed by atoms with Gasteiger partial charge in [-0.3, -0.25) is 0 Å². The van der Waals surface area contributed by atoms with E-state index in [0.29, 0.717) is 29.0 Å². The first-order valence-electron chi connectivity index (χ1n) is 4.82. The van der Waals surface area contributed by atoms with Crippen molar-refractivity contribution in [3.8, 4) is 5.75 Å². The number of hydrogen-bond donors (Lipinski definition) is 1. The molecule has 1 heterocycles. The minimum absolute atomic E-state index is 0.318. The summed E-state index contributed by atoms with van der Waals surface area (Å²) in [5.41, 5.74) is 1.60. The zero-order valence-electron chi connectivity index (χ0n) is 8.98. The summed E-state index contributed by atoms with van der Waals surface area (Å²) in [5.74, 6) is 0.00380. The van der Waals surface area contributed by atoms with Crippen molar-refractivity contribution < 1.29 is 14.3 Å². The molecule has 0 saturated heterocycles. The predicted octanol–water partition coefficient (Wildman–Crippen LogP) is 1.14. The van der Waals surface area contributed by atoms with Gasteiger partial charge in [0.1, 0.15) is 22.3 Å². The topological polar surface area (TPSA) is 77.1 Å². The Morgan fingerprint density at radius 3 is 2.69 bits per heavy atom. The van der Waals surface area contributed by atoms with Gasteiger partial charge in [0.2, 0.25) is 0 Å². The summed E-state index contributed by atoms with van der Waals surface area (Å²) in [7, 11) is 1.49. The number of hydrogen-bond acceptors (Lipinski definition) is 5. The quantitative estimate of drug-likeness (QED) is 0.786. The number of ether oxygens (including phenoxy) is 2. The maximum Gasteiger partial charge on any atom is 0.341 e. The Bertz CT molecular complexity index is 521. The molecule has 0 atom stereocenters. The number of fused-ring (bicyclic) bond motifs is 1. The third kappa shape index (κ3) is 1.69. The molecular formula is C10H11N3O3. The fourth-order valence-corrected chi connectivity index (χ4v) is 1.41. The number of benzene rings is 1. The molecule has 1 N–H and O–H groups in total. The van der Waals surface area contributed by atoms with Crippen molar-refractivity contribution in [2.24, 2.45) is 0 Å². The second kappa shape index (κ2) is 4.18. The number of aromatic amines is 1. The molecule has 6 nitrogen and oxygen atoms in total. The molecule has 0 spiro atoms. The molecule has 0 bridgehead atoms. The number of carbonyl (C=O) groups excluding carboxylic acids is 1. The number of rotatable bonds is 3. The fraction of sp³-hybridized carbons (Fsp3) is 0.300. The van der Waals surface area contributed by atoms with Gasteiger partial charge < -0.3 is 9.47 Å². The molecular weight excluding hydrogens is 210 g/mol. The number of nitrogens with zero attached hydrogens (tertiary/aromatic N) is 2. The van der Waals surface area contributed by atoms with Crippen LogP contribution < -0.4 is 4.74 Å². The van der Waals surface area contributed by atoms with Crippen molar-refractivity contribution in [1.29, 1.82) is 0 Å². The molecule has 2 rings (SSSR count). The van der Waals surface area contributed by atoms with E-state index in [0.717, 1.165) is 0 Å². The highest BCUT2D eigenvalue weighted by molar-refractivity contribution is 5.96. The molecule has 0 unspecified atom stereocenters. The molecule has 0 aliphatic rings. The summed E-state index contributed by atoms with van der Waals surface area (Å²) < 4.78 is 10.0. The van der Waals surface area contributed by atoms with Crippen LogP contribution in [-0.4, -0.2) is 35.1 Å². The number of H-pyrrole nitrogens is 1. The van der Waals surface area contributed by atoms with Crippen LogP contribution in [0.5, 0.6) is 5.75 Å². The molecule has 0 saturated carbocycles. The van der Waals surface area contributed by atoms with Gasteiger partial charge in [0.25, 0.3) is 0 Å². The number of methoxy groups -OCH3 is 1. The molecule has 0 aliphatic heterocycles. The van der Waals surface area contributed by atoms with Crippen molar-refractivity contribution >= 4 is 17.0 Å². The number of aromatic nitrogens is 3. The second-order valence-electron chi connectivity index (χ2n) is 3.09. The molecule has 0 radical (unpaired) electrons. The fourth-order valence-electron chi connectivity index (χ4n) is 1.41. The lowest BCUT2D eigenvalue weighted by Gasteiger charge is -2.06. The average molecular weight is 221 g/mol. The van der Waals surface area contributed by atoms with Gasteiger partial charge in [-0.15, -0.1) is 0 Å². The van der Waals surface area contributed by atoms with Crippen molar-refractivity contribution in [2.75, 3.05) is 13.7 Å². The Kier molecular flexibility index (Phi) is 2.72. The lowest BCUT2D eigenvalue weighted by atomic mass is 10.2. The van der Waals surface area contributed by atoms with Crippen LogP contribution in [0.3, 0.4) is 0 Å². The van der Waals surface area contributed by atoms with Crippen LogP contribution in [0, 0.1) is 0 Å². The Morgan fingerprint density at radius 2 is 2.06 bits per heavy atom. The van der Waals surface area contributed by atoms with Crippen LogP contribution in [-0.2, 0) is 4.74 Å². The average Bonchev–Trinajstić information content (AvgIpc) is 2.74. The molecule has 6 heteroatoms. The van der Waals surface area contributed by atoms with Gasteiger partial charge >= 0.3 is 5.97 Å². The maximum atomic E-state index is 11.6. The van der Waals surface area contributed by atoms with Gasteiger partial charge in [0.05, 0.1) is 13.7 Å². The summed E-state index contributed by atoms with van der Waals surface area (Å²) in [6.07, 6.45) is 0. The van der Waals surface area contributed by atoms with E-state index in [2.05, 4.69) is 15.4 Å². The molecule has 16 heavy (non-hydrogen) atoms. The third-order valence-electron chi connectivity index (χ3n) is 2.13. The highest BCUT2D eigenvalue weighted by atomic mass is 16.5. The number of nitrogens with one attached hydrogen (secondary N) is 1. The molecule has 84 valence electrons. The molecule has 0 aliphatic carbocycles. The summed E-state index contributed by atoms with van der Waals surface area (Å²) >= 11 is 0. The van der Waals surface area contributed by atoms with Gasteiger partial charge in [-0.2, -0.15) is 15.4 Å². The molecule has 1 aromatic carbocycles. The summed E-state index contributed by atoms with van der Waals surface area (Å²) in [5, 5.41) is 10.3. The van der Waals surface area contributed by atoms with Crippen molar-refractivity contribution in [3.63, 3.8) is 0 Å². The lowest BCUT2D eigenvalue weighted by molar-refractivity contribution is 0.0523. The van der Waals surface area contributed by atoms with Gasteiger partial charge in [0.15, 0.2) is 0 Å². The maximum absolute atomic E-state index is 11.6. The summed E-state index contributed by atoms with van der Waals surface area (Å²) in [6, 6.07) is 3.24. The van der Waals surface area contributed by atoms with Gasteiger partial charge in [-0.25, -0.2) is 4.79 Å². The van der Waals surface area contributed by atoms with E-state index in [9.17, 15) is 4.79 Å². The molecule has 1 aromatic heterocycles. The smallest absolute Gasteiger partial charge is 0.341 e. The third-order valence-corrected chi connectivity index (χ3v) is 2.13. The van der Waals surface area contributed by atoms with E-state index in [1.165, 1.54) is 7.11 Å². The Labute approximate surface area is 91.5 Å². The first kappa shape index (κ1) is 10.4. The monoisotopic (exact) mass is 221 g/mol. The van der Waals surface area contributed by atoms with Crippen molar-refractivity contribution in [2.45, 2.75) is 6.92 Å². The van der Waals surface area contributed by atoms with Crippen molar-refractivity contribution in [3.05, 3.63) is 17.7 Å². The molecule has 2 aromatic rings. The number of esters is 1. The first-order chi connectivity index (χ1) is 7.76. The second-order valence-corrected chi connectivity index (χ2v) is 3.09. The van der Waals surface area contributed by atoms with E-state index in [1.807, 2.05) is 0 Å². The first-order valence-corrected chi connectivity index (χ1v) is 4.82. The van der Waals surface area contributed by atoms with E-state index < -0.39 is 5.97 Å². The van der Waals surface area contributed by atoms with Crippen LogP contribution in [0.25, 0.3) is 11.0 Å². The normalized spacial score (nSPS) is 10.4. The lowest BCUT2D eigenvalue weighted by Crippen LogP contribution is -2.06. The van der Waals surface area contributed by atoms with Crippen LogP contribution in [0.15, 0.2) is 12.1 Å². The van der Waals surface area contributed by atoms with E-state index in [-0.39, 0.29) is 0 Å². The Hall–Kier alpha value is -2.11. The SMILES string of the molecule is CCOC(=O)c1cc2n[nH]nc2cc1OC. The van der Waals surface area contributed by atoms with Crippen LogP contribution in [0.1, 0.15) is 17.3 Å². The molecule has 0 amide bonds. The highest BCUT2D eigenvalue weighted by Crippen LogP contribution is 2.24. The Balaban J connectivity index is 2.52. The minimum Gasteiger partial charge on any atom is -0.496 e. The van der Waals surface area contributed by atoms with E-state index in [4.69, 9.17) is 9.47 Å².